The number of halogens is 1. The van der Waals surface area contributed by atoms with Gasteiger partial charge < -0.3 is 4.90 Å². The van der Waals surface area contributed by atoms with Gasteiger partial charge in [0, 0.05) is 52.4 Å². The molecule has 1 aromatic carbocycles. The average molecular weight is 374 g/mol. The third-order valence-corrected chi connectivity index (χ3v) is 5.09. The molecule has 0 radical (unpaired) electrons. The highest BCUT2D eigenvalue weighted by molar-refractivity contribution is 6.09. The molecule has 1 aliphatic rings. The van der Waals surface area contributed by atoms with Crippen LogP contribution in [-0.4, -0.2) is 57.9 Å². The van der Waals surface area contributed by atoms with E-state index >= 15 is 0 Å². The molecule has 2 heterocycles. The average Bonchev–Trinajstić information content (AvgIpc) is 2.66. The fourth-order valence-corrected chi connectivity index (χ4v) is 3.26. The normalized spacial score (nSPS) is 15.9. The highest BCUT2D eigenvalue weighted by Crippen LogP contribution is 2.14. The molecule has 1 saturated heterocycles. The molecule has 144 valence electrons. The van der Waals surface area contributed by atoms with Crippen LogP contribution in [0.15, 0.2) is 33.9 Å². The summed E-state index contributed by atoms with van der Waals surface area (Å²) in [5.41, 5.74) is -0.532. The standard InChI is InChI=1S/C19H23FN4O3/c1-21-8-10-24(11-9-21)12-15-16(18(26)23(3)19(27)22(15)2)17(25)13-4-6-14(20)7-5-13/h4-7H,8-12H2,1-3H3. The molecular formula is C19H23FN4O3. The van der Waals surface area contributed by atoms with E-state index in [9.17, 15) is 18.8 Å². The molecule has 0 unspecified atom stereocenters. The molecule has 8 heteroatoms. The molecule has 0 aliphatic carbocycles. The van der Waals surface area contributed by atoms with E-state index in [-0.39, 0.29) is 11.1 Å². The summed E-state index contributed by atoms with van der Waals surface area (Å²) in [5, 5.41) is 0. The molecule has 7 nitrogen and oxygen atoms in total. The predicted molar refractivity (Wildman–Crippen MR) is 99.5 cm³/mol. The smallest absolute Gasteiger partial charge is 0.304 e. The summed E-state index contributed by atoms with van der Waals surface area (Å²) >= 11 is 0. The lowest BCUT2D eigenvalue weighted by Crippen LogP contribution is -2.47. The summed E-state index contributed by atoms with van der Waals surface area (Å²) < 4.78 is 15.5. The molecule has 2 aromatic rings. The number of hydrogen-bond donors (Lipinski definition) is 0. The molecule has 0 N–H and O–H groups in total. The Morgan fingerprint density at radius 1 is 0.963 bits per heavy atom. The van der Waals surface area contributed by atoms with E-state index in [1.807, 2.05) is 7.05 Å². The van der Waals surface area contributed by atoms with Gasteiger partial charge in [-0.3, -0.25) is 23.6 Å². The van der Waals surface area contributed by atoms with Crippen LogP contribution < -0.4 is 11.2 Å². The zero-order chi connectivity index (χ0) is 19.7. The largest absolute Gasteiger partial charge is 0.330 e. The van der Waals surface area contributed by atoms with Crippen molar-refractivity contribution in [2.75, 3.05) is 33.2 Å². The van der Waals surface area contributed by atoms with Crippen LogP contribution in [0.3, 0.4) is 0 Å². The summed E-state index contributed by atoms with van der Waals surface area (Å²) in [4.78, 5) is 42.5. The maximum absolute atomic E-state index is 13.2. The van der Waals surface area contributed by atoms with Crippen molar-refractivity contribution in [1.29, 1.82) is 0 Å². The topological polar surface area (TPSA) is 67.6 Å². The Balaban J connectivity index is 2.08. The van der Waals surface area contributed by atoms with Gasteiger partial charge in [0.05, 0.1) is 5.69 Å². The molecule has 0 amide bonds. The van der Waals surface area contributed by atoms with Crippen LogP contribution in [0.5, 0.6) is 0 Å². The van der Waals surface area contributed by atoms with Gasteiger partial charge >= 0.3 is 5.69 Å². The predicted octanol–water partition coefficient (Wildman–Crippen LogP) is 0.202. The van der Waals surface area contributed by atoms with Crippen LogP contribution in [0.25, 0.3) is 0 Å². The molecule has 1 aliphatic heterocycles. The van der Waals surface area contributed by atoms with Crippen molar-refractivity contribution in [2.45, 2.75) is 6.54 Å². The van der Waals surface area contributed by atoms with E-state index in [4.69, 9.17) is 0 Å². The van der Waals surface area contributed by atoms with E-state index in [0.29, 0.717) is 12.2 Å². The van der Waals surface area contributed by atoms with E-state index in [1.54, 1.807) is 7.05 Å². The lowest BCUT2D eigenvalue weighted by molar-refractivity contribution is 0.103. The van der Waals surface area contributed by atoms with Crippen LogP contribution in [-0.2, 0) is 20.6 Å². The Morgan fingerprint density at radius 2 is 1.56 bits per heavy atom. The number of hydrogen-bond acceptors (Lipinski definition) is 5. The van der Waals surface area contributed by atoms with Gasteiger partial charge in [-0.25, -0.2) is 9.18 Å². The highest BCUT2D eigenvalue weighted by Gasteiger charge is 2.25. The Labute approximate surface area is 156 Å². The molecule has 0 bridgehead atoms. The molecule has 1 fully saturated rings. The first-order valence-electron chi connectivity index (χ1n) is 8.79. The highest BCUT2D eigenvalue weighted by atomic mass is 19.1. The molecule has 1 aromatic heterocycles. The molecule has 0 spiro atoms. The van der Waals surface area contributed by atoms with E-state index in [1.165, 1.54) is 35.9 Å². The number of likely N-dealkylation sites (N-methyl/N-ethyl adjacent to an activating group) is 1. The second-order valence-corrected chi connectivity index (χ2v) is 6.94. The number of nitrogens with zero attached hydrogens (tertiary/aromatic N) is 4. The Kier molecular flexibility index (Phi) is 5.38. The molecule has 3 rings (SSSR count). The third-order valence-electron chi connectivity index (χ3n) is 5.09. The van der Waals surface area contributed by atoms with E-state index in [2.05, 4.69) is 9.80 Å². The van der Waals surface area contributed by atoms with Crippen LogP contribution in [0.1, 0.15) is 21.6 Å². The number of aromatic nitrogens is 2. The minimum absolute atomic E-state index is 0.0369. The zero-order valence-corrected chi connectivity index (χ0v) is 15.7. The van der Waals surface area contributed by atoms with Crippen molar-refractivity contribution in [2.24, 2.45) is 14.1 Å². The fraction of sp³-hybridized carbons (Fsp3) is 0.421. The molecular weight excluding hydrogens is 351 g/mol. The minimum atomic E-state index is -0.628. The zero-order valence-electron chi connectivity index (χ0n) is 15.7. The Morgan fingerprint density at radius 3 is 2.15 bits per heavy atom. The van der Waals surface area contributed by atoms with Gasteiger partial charge in [0.15, 0.2) is 5.78 Å². The lowest BCUT2D eigenvalue weighted by atomic mass is 10.0. The van der Waals surface area contributed by atoms with E-state index < -0.39 is 22.8 Å². The van der Waals surface area contributed by atoms with Crippen LogP contribution in [0, 0.1) is 5.82 Å². The second-order valence-electron chi connectivity index (χ2n) is 6.94. The number of ketones is 1. The first-order valence-corrected chi connectivity index (χ1v) is 8.79. The summed E-state index contributed by atoms with van der Waals surface area (Å²) in [6.07, 6.45) is 0. The molecule has 27 heavy (non-hydrogen) atoms. The minimum Gasteiger partial charge on any atom is -0.304 e. The van der Waals surface area contributed by atoms with Crippen molar-refractivity contribution < 1.29 is 9.18 Å². The first kappa shape index (κ1) is 19.2. The van der Waals surface area contributed by atoms with Crippen LogP contribution >= 0.6 is 0 Å². The Hall–Kier alpha value is -2.58. The number of benzene rings is 1. The van der Waals surface area contributed by atoms with Gasteiger partial charge in [-0.2, -0.15) is 0 Å². The van der Waals surface area contributed by atoms with Gasteiger partial charge in [-0.15, -0.1) is 0 Å². The summed E-state index contributed by atoms with van der Waals surface area (Å²) in [7, 11) is 4.95. The Bertz CT molecular complexity index is 970. The lowest BCUT2D eigenvalue weighted by Gasteiger charge is -2.33. The number of carbonyl (C=O) groups is 1. The third kappa shape index (κ3) is 3.77. The quantitative estimate of drug-likeness (QED) is 0.716. The number of carbonyl (C=O) groups excluding carboxylic acids is 1. The monoisotopic (exact) mass is 374 g/mol. The van der Waals surface area contributed by atoms with Gasteiger partial charge in [0.1, 0.15) is 11.4 Å². The molecule has 0 atom stereocenters. The van der Waals surface area contributed by atoms with Crippen LogP contribution in [0.4, 0.5) is 4.39 Å². The van der Waals surface area contributed by atoms with Crippen molar-refractivity contribution in [3.63, 3.8) is 0 Å². The number of piperazine rings is 1. The maximum atomic E-state index is 13.2. The van der Waals surface area contributed by atoms with Crippen LogP contribution in [0.2, 0.25) is 0 Å². The fourth-order valence-electron chi connectivity index (χ4n) is 3.26. The maximum Gasteiger partial charge on any atom is 0.330 e. The van der Waals surface area contributed by atoms with Crippen molar-refractivity contribution in [1.82, 2.24) is 18.9 Å². The summed E-state index contributed by atoms with van der Waals surface area (Å²) in [5.74, 6) is -0.965. The van der Waals surface area contributed by atoms with Gasteiger partial charge in [-0.1, -0.05) is 0 Å². The van der Waals surface area contributed by atoms with Gasteiger partial charge in [0.2, 0.25) is 0 Å². The van der Waals surface area contributed by atoms with E-state index in [0.717, 1.165) is 30.7 Å². The van der Waals surface area contributed by atoms with Crippen molar-refractivity contribution in [3.8, 4) is 0 Å². The summed E-state index contributed by atoms with van der Waals surface area (Å²) in [6.45, 7) is 3.64. The number of rotatable bonds is 4. The second kappa shape index (κ2) is 7.58. The first-order chi connectivity index (χ1) is 12.8. The van der Waals surface area contributed by atoms with Crippen molar-refractivity contribution in [3.05, 3.63) is 67.7 Å². The SMILES string of the molecule is CN1CCN(Cc2c(C(=O)c3ccc(F)cc3)c(=O)n(C)c(=O)n2C)CC1. The summed E-state index contributed by atoms with van der Waals surface area (Å²) in [6, 6.07) is 5.06. The van der Waals surface area contributed by atoms with Gasteiger partial charge in [-0.05, 0) is 31.3 Å². The van der Waals surface area contributed by atoms with Crippen molar-refractivity contribution >= 4 is 5.78 Å². The molecule has 0 saturated carbocycles. The van der Waals surface area contributed by atoms with Gasteiger partial charge in [0.25, 0.3) is 5.56 Å².